The van der Waals surface area contributed by atoms with Crippen LogP contribution in [-0.4, -0.2) is 47.1 Å². The topological polar surface area (TPSA) is 107 Å². The fourth-order valence-electron chi connectivity index (χ4n) is 4.76. The molecule has 0 fully saturated rings. The smallest absolute Gasteiger partial charge is 0.410 e. The lowest BCUT2D eigenvalue weighted by molar-refractivity contribution is 0.0224. The van der Waals surface area contributed by atoms with Gasteiger partial charge < -0.3 is 15.0 Å². The number of nitrogens with one attached hydrogen (secondary N) is 1. The quantitative estimate of drug-likeness (QED) is 0.290. The Hall–Kier alpha value is -4.15. The molecule has 0 radical (unpaired) electrons. The number of benzene rings is 2. The molecule has 12 heteroatoms. The van der Waals surface area contributed by atoms with Gasteiger partial charge in [0.15, 0.2) is 5.65 Å². The van der Waals surface area contributed by atoms with Crippen LogP contribution in [0, 0.1) is 0 Å². The number of carbonyl (C=O) groups excluding carboxylic acids is 1. The van der Waals surface area contributed by atoms with Gasteiger partial charge in [0, 0.05) is 37.4 Å². The number of carbonyl (C=O) groups is 1. The normalized spacial score (nSPS) is 13.5. The highest BCUT2D eigenvalue weighted by molar-refractivity contribution is 6.37. The zero-order valence-corrected chi connectivity index (χ0v) is 23.5. The number of rotatable bonds is 3. The number of nitrogens with zero attached hydrogens (tertiary/aromatic N) is 6. The Kier molecular flexibility index (Phi) is 6.39. The van der Waals surface area contributed by atoms with Crippen molar-refractivity contribution < 1.29 is 9.53 Å². The molecule has 0 bridgehead atoms. The Morgan fingerprint density at radius 1 is 1.07 bits per heavy atom. The molecule has 0 spiro atoms. The van der Waals surface area contributed by atoms with Crippen LogP contribution in [-0.2, 0) is 17.7 Å². The van der Waals surface area contributed by atoms with Crippen molar-refractivity contribution in [1.29, 1.82) is 0 Å². The summed E-state index contributed by atoms with van der Waals surface area (Å²) in [5.74, 6) is 0.614. The number of fused-ring (bicyclic) bond motifs is 4. The third-order valence-electron chi connectivity index (χ3n) is 6.54. The third kappa shape index (κ3) is 4.73. The van der Waals surface area contributed by atoms with Gasteiger partial charge in [-0.25, -0.2) is 19.3 Å². The van der Waals surface area contributed by atoms with Crippen LogP contribution < -0.4 is 10.9 Å². The Morgan fingerprint density at radius 2 is 1.85 bits per heavy atom. The first-order chi connectivity index (χ1) is 19.1. The summed E-state index contributed by atoms with van der Waals surface area (Å²) < 4.78 is 8.60. The number of aromatic nitrogens is 5. The second kappa shape index (κ2) is 9.79. The zero-order chi connectivity index (χ0) is 28.2. The maximum atomic E-state index is 13.6. The van der Waals surface area contributed by atoms with Gasteiger partial charge in [-0.15, -0.1) is 0 Å². The van der Waals surface area contributed by atoms with E-state index in [1.807, 2.05) is 39.0 Å². The molecule has 0 saturated carbocycles. The molecule has 0 saturated heterocycles. The number of imidazole rings is 1. The summed E-state index contributed by atoms with van der Waals surface area (Å²) in [7, 11) is 0. The van der Waals surface area contributed by atoms with Gasteiger partial charge >= 0.3 is 6.09 Å². The molecule has 6 rings (SSSR count). The fraction of sp³-hybridized carbons (Fsp3) is 0.250. The highest BCUT2D eigenvalue weighted by Crippen LogP contribution is 2.30. The molecule has 1 amide bonds. The molecule has 2 aromatic carbocycles. The van der Waals surface area contributed by atoms with Gasteiger partial charge in [0.1, 0.15) is 11.0 Å². The molecule has 3 aromatic heterocycles. The second-order valence-electron chi connectivity index (χ2n) is 10.5. The van der Waals surface area contributed by atoms with Gasteiger partial charge in [-0.1, -0.05) is 35.3 Å². The van der Waals surface area contributed by atoms with Crippen molar-refractivity contribution in [2.24, 2.45) is 0 Å². The summed E-state index contributed by atoms with van der Waals surface area (Å²) in [6.07, 6.45) is 5.16. The Bertz CT molecular complexity index is 1840. The minimum atomic E-state index is -0.558. The van der Waals surface area contributed by atoms with Crippen molar-refractivity contribution in [1.82, 2.24) is 28.8 Å². The van der Waals surface area contributed by atoms with Crippen LogP contribution in [0.2, 0.25) is 10.0 Å². The number of amides is 1. The number of hydrogen-bond acceptors (Lipinski definition) is 7. The number of anilines is 2. The van der Waals surface area contributed by atoms with Gasteiger partial charge in [0.2, 0.25) is 11.7 Å². The van der Waals surface area contributed by atoms with E-state index < -0.39 is 11.2 Å². The molecule has 1 N–H and O–H groups in total. The average Bonchev–Trinajstić information content (AvgIpc) is 3.39. The highest BCUT2D eigenvalue weighted by atomic mass is 35.5. The number of halogens is 2. The summed E-state index contributed by atoms with van der Waals surface area (Å²) >= 11 is 12.8. The predicted molar refractivity (Wildman–Crippen MR) is 154 cm³/mol. The first kappa shape index (κ1) is 26.1. The van der Waals surface area contributed by atoms with E-state index in [4.69, 9.17) is 27.9 Å². The molecule has 5 aromatic rings. The first-order valence-corrected chi connectivity index (χ1v) is 13.4. The van der Waals surface area contributed by atoms with Crippen LogP contribution in [0.5, 0.6) is 0 Å². The molecule has 40 heavy (non-hydrogen) atoms. The van der Waals surface area contributed by atoms with E-state index >= 15 is 0 Å². The van der Waals surface area contributed by atoms with Gasteiger partial charge in [-0.3, -0.25) is 9.20 Å². The minimum Gasteiger partial charge on any atom is -0.444 e. The molecule has 0 aliphatic carbocycles. The van der Waals surface area contributed by atoms with E-state index in [0.717, 1.165) is 17.7 Å². The summed E-state index contributed by atoms with van der Waals surface area (Å²) in [5.41, 5.74) is 2.70. The van der Waals surface area contributed by atoms with Gasteiger partial charge in [-0.2, -0.15) is 4.98 Å². The molecule has 1 aliphatic heterocycles. The van der Waals surface area contributed by atoms with Crippen LogP contribution in [0.15, 0.2) is 59.8 Å². The van der Waals surface area contributed by atoms with Crippen molar-refractivity contribution in [3.63, 3.8) is 0 Å². The van der Waals surface area contributed by atoms with E-state index in [1.165, 1.54) is 16.3 Å². The number of para-hydroxylation sites is 1. The Balaban J connectivity index is 1.34. The minimum absolute atomic E-state index is 0.269. The van der Waals surface area contributed by atoms with Gasteiger partial charge in [0.05, 0.1) is 15.7 Å². The lowest BCUT2D eigenvalue weighted by Gasteiger charge is -2.31. The zero-order valence-electron chi connectivity index (χ0n) is 22.0. The van der Waals surface area contributed by atoms with Gasteiger partial charge in [0.25, 0.3) is 5.56 Å². The van der Waals surface area contributed by atoms with Crippen molar-refractivity contribution in [2.75, 3.05) is 11.9 Å². The van der Waals surface area contributed by atoms with E-state index in [2.05, 4.69) is 20.3 Å². The molecule has 4 heterocycles. The Morgan fingerprint density at radius 3 is 2.60 bits per heavy atom. The summed E-state index contributed by atoms with van der Waals surface area (Å²) in [6, 6.07) is 11.0. The van der Waals surface area contributed by atoms with Crippen molar-refractivity contribution in [3.8, 4) is 5.69 Å². The first-order valence-electron chi connectivity index (χ1n) is 12.6. The second-order valence-corrected chi connectivity index (χ2v) is 11.3. The van der Waals surface area contributed by atoms with Crippen LogP contribution in [0.4, 0.5) is 16.4 Å². The molecule has 204 valence electrons. The van der Waals surface area contributed by atoms with E-state index in [-0.39, 0.29) is 11.5 Å². The molecule has 1 aliphatic rings. The summed E-state index contributed by atoms with van der Waals surface area (Å²) in [6.45, 7) is 6.60. The summed E-state index contributed by atoms with van der Waals surface area (Å²) in [4.78, 5) is 41.3. The van der Waals surface area contributed by atoms with Crippen LogP contribution in [0.1, 0.15) is 31.9 Å². The SMILES string of the molecule is CC(C)(C)OC(=O)N1CCc2ccc(Nc3ncc4c(=O)n(-c5c(Cl)cccc5Cl)c5nccn5c4n3)cc2C1. The van der Waals surface area contributed by atoms with Crippen molar-refractivity contribution in [3.05, 3.63) is 86.5 Å². The average molecular weight is 578 g/mol. The summed E-state index contributed by atoms with van der Waals surface area (Å²) in [5, 5.41) is 4.13. The maximum absolute atomic E-state index is 13.6. The van der Waals surface area contributed by atoms with Crippen LogP contribution in [0.3, 0.4) is 0 Å². The number of hydrogen-bond donors (Lipinski definition) is 1. The predicted octanol–water partition coefficient (Wildman–Crippen LogP) is 5.77. The largest absolute Gasteiger partial charge is 0.444 e. The highest BCUT2D eigenvalue weighted by Gasteiger charge is 2.26. The maximum Gasteiger partial charge on any atom is 0.410 e. The molecule has 10 nitrogen and oxygen atoms in total. The van der Waals surface area contributed by atoms with E-state index in [0.29, 0.717) is 46.2 Å². The third-order valence-corrected chi connectivity index (χ3v) is 7.15. The van der Waals surface area contributed by atoms with Gasteiger partial charge in [-0.05, 0) is 62.6 Å². The van der Waals surface area contributed by atoms with Crippen molar-refractivity contribution >= 4 is 57.7 Å². The Labute approximate surface area is 239 Å². The van der Waals surface area contributed by atoms with Crippen LogP contribution >= 0.6 is 23.2 Å². The van der Waals surface area contributed by atoms with Crippen molar-refractivity contribution in [2.45, 2.75) is 39.3 Å². The standard InChI is InChI=1S/C28H25Cl2N7O3/c1-28(2,3)40-27(39)35-11-9-16-7-8-18(13-17(16)15-35)33-25-32-14-19-23(34-25)36-12-10-31-26(36)37(24(19)38)22-20(29)5-4-6-21(22)30/h4-8,10,12-14H,9,11,15H2,1-3H3,(H,32,33,34). The van der Waals surface area contributed by atoms with Crippen LogP contribution in [0.25, 0.3) is 22.5 Å². The monoisotopic (exact) mass is 577 g/mol. The molecular weight excluding hydrogens is 553 g/mol. The molecule has 0 atom stereocenters. The molecule has 0 unspecified atom stereocenters. The number of ether oxygens (including phenoxy) is 1. The fourth-order valence-corrected chi connectivity index (χ4v) is 5.32. The van der Waals surface area contributed by atoms with E-state index in [1.54, 1.807) is 39.9 Å². The van der Waals surface area contributed by atoms with E-state index in [9.17, 15) is 9.59 Å². The lowest BCUT2D eigenvalue weighted by Crippen LogP contribution is -2.39. The lowest BCUT2D eigenvalue weighted by atomic mass is 9.99. The molecular formula is C28H25Cl2N7O3.